The second-order valence-corrected chi connectivity index (χ2v) is 5.49. The first-order chi connectivity index (χ1) is 10.5. The molecule has 0 bridgehead atoms. The molecule has 114 valence electrons. The highest BCUT2D eigenvalue weighted by Gasteiger charge is 2.18. The summed E-state index contributed by atoms with van der Waals surface area (Å²) in [4.78, 5) is 18.6. The average molecular weight is 298 g/mol. The summed E-state index contributed by atoms with van der Waals surface area (Å²) >= 11 is 0. The van der Waals surface area contributed by atoms with Crippen molar-refractivity contribution >= 4 is 11.6 Å². The minimum atomic E-state index is -0.0827. The maximum atomic E-state index is 12.7. The highest BCUT2D eigenvalue weighted by Crippen LogP contribution is 2.14. The molecule has 3 aromatic heterocycles. The van der Waals surface area contributed by atoms with Crippen LogP contribution >= 0.6 is 0 Å². The lowest BCUT2D eigenvalue weighted by Crippen LogP contribution is -2.27. The van der Waals surface area contributed by atoms with Gasteiger partial charge in [-0.1, -0.05) is 0 Å². The van der Waals surface area contributed by atoms with Gasteiger partial charge in [0.15, 0.2) is 5.65 Å². The van der Waals surface area contributed by atoms with Gasteiger partial charge in [-0.2, -0.15) is 10.2 Å². The molecule has 3 heterocycles. The summed E-state index contributed by atoms with van der Waals surface area (Å²) in [6, 6.07) is 1.89. The monoisotopic (exact) mass is 298 g/mol. The zero-order valence-corrected chi connectivity index (χ0v) is 13.1. The molecule has 22 heavy (non-hydrogen) atoms. The molecule has 1 amide bonds. The topological polar surface area (TPSA) is 79.2 Å². The smallest absolute Gasteiger partial charge is 0.257 e. The Kier molecular flexibility index (Phi) is 3.40. The summed E-state index contributed by atoms with van der Waals surface area (Å²) in [6.07, 6.45) is 3.36. The molecule has 0 aliphatic heterocycles. The van der Waals surface area contributed by atoms with Gasteiger partial charge in [0.2, 0.25) is 0 Å². The van der Waals surface area contributed by atoms with Crippen molar-refractivity contribution in [1.82, 2.24) is 29.7 Å². The number of nitrogens with zero attached hydrogens (tertiary/aromatic N) is 5. The van der Waals surface area contributed by atoms with Gasteiger partial charge in [-0.25, -0.2) is 9.50 Å². The van der Waals surface area contributed by atoms with Crippen LogP contribution in [0.25, 0.3) is 5.65 Å². The SMILES string of the molecule is Cc1cc2ncc(C(=O)N(C)Cc3cn[nH]c3C)c(C)n2n1. The average Bonchev–Trinajstić information content (AvgIpc) is 3.05. The van der Waals surface area contributed by atoms with Crippen molar-refractivity contribution in [2.24, 2.45) is 0 Å². The number of carbonyl (C=O) groups is 1. The molecule has 0 unspecified atom stereocenters. The second kappa shape index (κ2) is 5.25. The molecular formula is C15H18N6O. The van der Waals surface area contributed by atoms with E-state index in [0.29, 0.717) is 12.1 Å². The van der Waals surface area contributed by atoms with E-state index in [9.17, 15) is 4.79 Å². The maximum Gasteiger partial charge on any atom is 0.257 e. The fraction of sp³-hybridized carbons (Fsp3) is 0.333. The van der Waals surface area contributed by atoms with Gasteiger partial charge >= 0.3 is 0 Å². The molecule has 7 nitrogen and oxygen atoms in total. The third-order valence-corrected chi connectivity index (χ3v) is 3.77. The van der Waals surface area contributed by atoms with E-state index in [1.807, 2.05) is 26.8 Å². The van der Waals surface area contributed by atoms with Crippen molar-refractivity contribution in [3.63, 3.8) is 0 Å². The predicted octanol–water partition coefficient (Wildman–Crippen LogP) is 1.65. The van der Waals surface area contributed by atoms with Gasteiger partial charge in [0, 0.05) is 37.1 Å². The summed E-state index contributed by atoms with van der Waals surface area (Å²) in [7, 11) is 1.77. The van der Waals surface area contributed by atoms with E-state index in [4.69, 9.17) is 0 Å². The van der Waals surface area contributed by atoms with Gasteiger partial charge in [-0.15, -0.1) is 0 Å². The van der Waals surface area contributed by atoms with Gasteiger partial charge in [0.1, 0.15) is 0 Å². The van der Waals surface area contributed by atoms with Crippen LogP contribution in [0.3, 0.4) is 0 Å². The van der Waals surface area contributed by atoms with Crippen molar-refractivity contribution in [2.75, 3.05) is 7.05 Å². The van der Waals surface area contributed by atoms with Crippen molar-refractivity contribution in [3.05, 3.63) is 46.7 Å². The second-order valence-electron chi connectivity index (χ2n) is 5.49. The maximum absolute atomic E-state index is 12.7. The highest BCUT2D eigenvalue weighted by atomic mass is 16.2. The van der Waals surface area contributed by atoms with Crippen molar-refractivity contribution in [1.29, 1.82) is 0 Å². The number of hydrogen-bond donors (Lipinski definition) is 1. The van der Waals surface area contributed by atoms with Crippen LogP contribution in [0.15, 0.2) is 18.5 Å². The van der Waals surface area contributed by atoms with Crippen LogP contribution in [0.5, 0.6) is 0 Å². The third kappa shape index (κ3) is 2.34. The molecule has 0 radical (unpaired) electrons. The fourth-order valence-corrected chi connectivity index (χ4v) is 2.44. The highest BCUT2D eigenvalue weighted by molar-refractivity contribution is 5.95. The molecule has 0 saturated carbocycles. The Morgan fingerprint density at radius 3 is 2.77 bits per heavy atom. The van der Waals surface area contributed by atoms with Crippen LogP contribution in [0.2, 0.25) is 0 Å². The Labute approximate surface area is 128 Å². The van der Waals surface area contributed by atoms with E-state index in [1.165, 1.54) is 0 Å². The third-order valence-electron chi connectivity index (χ3n) is 3.77. The normalized spacial score (nSPS) is 11.1. The van der Waals surface area contributed by atoms with Crippen LogP contribution in [0.4, 0.5) is 0 Å². The van der Waals surface area contributed by atoms with E-state index in [1.54, 1.807) is 28.9 Å². The van der Waals surface area contributed by atoms with Gasteiger partial charge in [0.05, 0.1) is 23.1 Å². The number of rotatable bonds is 3. The quantitative estimate of drug-likeness (QED) is 0.797. The van der Waals surface area contributed by atoms with Gasteiger partial charge in [-0.3, -0.25) is 9.89 Å². The fourth-order valence-electron chi connectivity index (χ4n) is 2.44. The number of carbonyl (C=O) groups excluding carboxylic acids is 1. The van der Waals surface area contributed by atoms with Gasteiger partial charge in [0.25, 0.3) is 5.91 Å². The van der Waals surface area contributed by atoms with E-state index >= 15 is 0 Å². The predicted molar refractivity (Wildman–Crippen MR) is 81.6 cm³/mol. The molecule has 0 aliphatic rings. The first-order valence-electron chi connectivity index (χ1n) is 7.03. The van der Waals surface area contributed by atoms with Crippen LogP contribution in [-0.4, -0.2) is 42.7 Å². The number of fused-ring (bicyclic) bond motifs is 1. The molecule has 0 aliphatic carbocycles. The molecular weight excluding hydrogens is 280 g/mol. The Hall–Kier alpha value is -2.70. The van der Waals surface area contributed by atoms with Gasteiger partial charge in [-0.05, 0) is 20.8 Å². The molecule has 3 aromatic rings. The molecule has 1 N–H and O–H groups in total. The number of hydrogen-bond acceptors (Lipinski definition) is 4. The zero-order chi connectivity index (χ0) is 15.9. The minimum Gasteiger partial charge on any atom is -0.337 e. The summed E-state index contributed by atoms with van der Waals surface area (Å²) < 4.78 is 1.71. The molecule has 0 aromatic carbocycles. The zero-order valence-electron chi connectivity index (χ0n) is 13.1. The first kappa shape index (κ1) is 14.2. The summed E-state index contributed by atoms with van der Waals surface area (Å²) in [5.41, 5.74) is 4.94. The van der Waals surface area contributed by atoms with Crippen molar-refractivity contribution in [3.8, 4) is 0 Å². The molecule has 0 atom stereocenters. The number of nitrogens with one attached hydrogen (secondary N) is 1. The molecule has 0 fully saturated rings. The summed E-state index contributed by atoms with van der Waals surface area (Å²) in [5.74, 6) is -0.0827. The van der Waals surface area contributed by atoms with Crippen LogP contribution in [-0.2, 0) is 6.54 Å². The van der Waals surface area contributed by atoms with E-state index in [2.05, 4.69) is 20.3 Å². The molecule has 0 saturated heterocycles. The van der Waals surface area contributed by atoms with Crippen LogP contribution < -0.4 is 0 Å². The molecule has 7 heteroatoms. The Balaban J connectivity index is 1.91. The lowest BCUT2D eigenvalue weighted by atomic mass is 10.2. The molecule has 0 spiro atoms. The lowest BCUT2D eigenvalue weighted by Gasteiger charge is -2.18. The standard InChI is InChI=1S/C15H18N6O/c1-9-5-14-16-7-13(11(3)21(14)19-9)15(22)20(4)8-12-6-17-18-10(12)2/h5-7H,8H2,1-4H3,(H,17,18). The minimum absolute atomic E-state index is 0.0827. The van der Waals surface area contributed by atoms with Gasteiger partial charge < -0.3 is 4.90 Å². The number of amides is 1. The van der Waals surface area contributed by atoms with Crippen molar-refractivity contribution < 1.29 is 4.79 Å². The number of aromatic nitrogens is 5. The number of aryl methyl sites for hydroxylation is 3. The Morgan fingerprint density at radius 1 is 1.32 bits per heavy atom. The Bertz CT molecular complexity index is 847. The summed E-state index contributed by atoms with van der Waals surface area (Å²) in [5, 5.41) is 11.2. The Morgan fingerprint density at radius 2 is 2.09 bits per heavy atom. The van der Waals surface area contributed by atoms with Crippen LogP contribution in [0, 0.1) is 20.8 Å². The lowest BCUT2D eigenvalue weighted by molar-refractivity contribution is 0.0783. The first-order valence-corrected chi connectivity index (χ1v) is 7.03. The number of aromatic amines is 1. The van der Waals surface area contributed by atoms with E-state index in [-0.39, 0.29) is 5.91 Å². The van der Waals surface area contributed by atoms with Crippen LogP contribution in [0.1, 0.15) is 33.0 Å². The largest absolute Gasteiger partial charge is 0.337 e. The van der Waals surface area contributed by atoms with E-state index in [0.717, 1.165) is 28.3 Å². The molecule has 3 rings (SSSR count). The van der Waals surface area contributed by atoms with E-state index < -0.39 is 0 Å². The van der Waals surface area contributed by atoms with Crippen molar-refractivity contribution in [2.45, 2.75) is 27.3 Å². The number of H-pyrrole nitrogens is 1. The summed E-state index contributed by atoms with van der Waals surface area (Å²) in [6.45, 7) is 6.22.